The third-order valence-electron chi connectivity index (χ3n) is 3.77. The molecule has 0 radical (unpaired) electrons. The molecule has 2 aliphatic rings. The van der Waals surface area contributed by atoms with E-state index in [-0.39, 0.29) is 5.82 Å². The van der Waals surface area contributed by atoms with Crippen LogP contribution in [0.15, 0.2) is 6.20 Å². The summed E-state index contributed by atoms with van der Waals surface area (Å²) in [5.74, 6) is 1.53. The molecule has 4 nitrogen and oxygen atoms in total. The van der Waals surface area contributed by atoms with Gasteiger partial charge in [0.1, 0.15) is 0 Å². The Kier molecular flexibility index (Phi) is 2.19. The van der Waals surface area contributed by atoms with Gasteiger partial charge in [-0.3, -0.25) is 0 Å². The first-order valence-corrected chi connectivity index (χ1v) is 5.77. The van der Waals surface area contributed by atoms with Crippen LogP contribution in [-0.2, 0) is 0 Å². The lowest BCUT2D eigenvalue weighted by atomic mass is 10.0. The maximum atomic E-state index is 12.9. The van der Waals surface area contributed by atoms with Gasteiger partial charge in [0.2, 0.25) is 5.95 Å². The number of hydrogen-bond acceptors (Lipinski definition) is 4. The van der Waals surface area contributed by atoms with Crippen LogP contribution in [0, 0.1) is 17.7 Å². The number of nitrogens with zero attached hydrogens (tertiary/aromatic N) is 3. The molecule has 2 fully saturated rings. The first kappa shape index (κ1) is 9.81. The normalized spacial score (nSPS) is 28.4. The Morgan fingerprint density at radius 3 is 2.62 bits per heavy atom. The number of rotatable bonds is 1. The minimum Gasteiger partial charge on any atom is -0.381 e. The van der Waals surface area contributed by atoms with Crippen molar-refractivity contribution >= 4 is 11.8 Å². The van der Waals surface area contributed by atoms with Crippen LogP contribution in [0.1, 0.15) is 19.3 Å². The molecule has 1 aliphatic carbocycles. The molecule has 2 atom stereocenters. The Morgan fingerprint density at radius 2 is 2.00 bits per heavy atom. The highest BCUT2D eigenvalue weighted by atomic mass is 19.1. The molecule has 1 saturated carbocycles. The minimum atomic E-state index is -0.539. The molecule has 2 unspecified atom stereocenters. The second kappa shape index (κ2) is 3.57. The van der Waals surface area contributed by atoms with Crippen LogP contribution in [0.5, 0.6) is 0 Å². The second-order valence-corrected chi connectivity index (χ2v) is 4.76. The molecule has 1 aliphatic heterocycles. The fourth-order valence-corrected chi connectivity index (χ4v) is 2.92. The highest BCUT2D eigenvalue weighted by Crippen LogP contribution is 2.38. The van der Waals surface area contributed by atoms with Crippen LogP contribution in [0.3, 0.4) is 0 Å². The van der Waals surface area contributed by atoms with Gasteiger partial charge in [-0.15, -0.1) is 0 Å². The molecule has 86 valence electrons. The highest BCUT2D eigenvalue weighted by Gasteiger charge is 2.37. The van der Waals surface area contributed by atoms with E-state index in [0.29, 0.717) is 5.95 Å². The van der Waals surface area contributed by atoms with Crippen molar-refractivity contribution in [2.75, 3.05) is 23.7 Å². The lowest BCUT2D eigenvalue weighted by Gasteiger charge is -2.16. The number of anilines is 2. The average Bonchev–Trinajstić information content (AvgIpc) is 2.81. The smallest absolute Gasteiger partial charge is 0.227 e. The first-order valence-electron chi connectivity index (χ1n) is 5.77. The summed E-state index contributed by atoms with van der Waals surface area (Å²) in [6, 6.07) is 0. The number of hydrogen-bond donors (Lipinski definition) is 1. The maximum absolute atomic E-state index is 12.9. The van der Waals surface area contributed by atoms with Gasteiger partial charge in [0.05, 0.1) is 6.20 Å². The van der Waals surface area contributed by atoms with E-state index in [2.05, 4.69) is 14.9 Å². The molecular weight excluding hydrogens is 207 g/mol. The lowest BCUT2D eigenvalue weighted by Crippen LogP contribution is -2.23. The minimum absolute atomic E-state index is 0.0536. The average molecular weight is 222 g/mol. The van der Waals surface area contributed by atoms with Crippen LogP contribution in [0.25, 0.3) is 0 Å². The number of aromatic nitrogens is 2. The van der Waals surface area contributed by atoms with Gasteiger partial charge in [-0.25, -0.2) is 9.37 Å². The largest absolute Gasteiger partial charge is 0.381 e. The Labute approximate surface area is 93.7 Å². The van der Waals surface area contributed by atoms with Gasteiger partial charge in [-0.2, -0.15) is 4.98 Å². The van der Waals surface area contributed by atoms with Crippen molar-refractivity contribution in [3.63, 3.8) is 0 Å². The fraction of sp³-hybridized carbons (Fsp3) is 0.636. The summed E-state index contributed by atoms with van der Waals surface area (Å²) in [4.78, 5) is 10.1. The van der Waals surface area contributed by atoms with Crippen LogP contribution >= 0.6 is 0 Å². The fourth-order valence-electron chi connectivity index (χ4n) is 2.92. The van der Waals surface area contributed by atoms with E-state index in [4.69, 9.17) is 5.73 Å². The van der Waals surface area contributed by atoms with Gasteiger partial charge in [-0.05, 0) is 24.7 Å². The summed E-state index contributed by atoms with van der Waals surface area (Å²) in [6.07, 6.45) is 5.11. The van der Waals surface area contributed by atoms with Crippen molar-refractivity contribution in [2.24, 2.45) is 11.8 Å². The molecule has 0 amide bonds. The van der Waals surface area contributed by atoms with Gasteiger partial charge < -0.3 is 10.6 Å². The van der Waals surface area contributed by atoms with Gasteiger partial charge in [0.15, 0.2) is 11.6 Å². The standard InChI is InChI=1S/C11H15FN4/c12-9-4-14-11(15-10(9)13)16-5-7-2-1-3-8(7)6-16/h4,7-8H,1-3,5-6H2,(H2,13,14,15). The summed E-state index contributed by atoms with van der Waals surface area (Å²) < 4.78 is 12.9. The third kappa shape index (κ3) is 1.50. The molecule has 0 aromatic carbocycles. The predicted octanol–water partition coefficient (Wildman–Crippen LogP) is 1.43. The zero-order valence-electron chi connectivity index (χ0n) is 9.06. The molecule has 2 N–H and O–H groups in total. The molecule has 1 saturated heterocycles. The zero-order valence-corrected chi connectivity index (χ0v) is 9.06. The summed E-state index contributed by atoms with van der Waals surface area (Å²) in [5.41, 5.74) is 5.45. The van der Waals surface area contributed by atoms with Crippen molar-refractivity contribution in [1.29, 1.82) is 0 Å². The monoisotopic (exact) mass is 222 g/mol. The highest BCUT2D eigenvalue weighted by molar-refractivity contribution is 5.40. The molecule has 1 aromatic rings. The molecule has 16 heavy (non-hydrogen) atoms. The molecule has 5 heteroatoms. The molecule has 1 aromatic heterocycles. The van der Waals surface area contributed by atoms with Gasteiger partial charge in [0, 0.05) is 13.1 Å². The van der Waals surface area contributed by atoms with E-state index in [1.54, 1.807) is 0 Å². The number of nitrogen functional groups attached to an aromatic ring is 1. The number of nitrogens with two attached hydrogens (primary N) is 1. The van der Waals surface area contributed by atoms with Crippen molar-refractivity contribution in [3.8, 4) is 0 Å². The predicted molar refractivity (Wildman–Crippen MR) is 59.4 cm³/mol. The van der Waals surface area contributed by atoms with Crippen LogP contribution in [-0.4, -0.2) is 23.1 Å². The SMILES string of the molecule is Nc1nc(N2CC3CCCC3C2)ncc1F. The quantitative estimate of drug-likeness (QED) is 0.781. The van der Waals surface area contributed by atoms with Crippen LogP contribution in [0.4, 0.5) is 16.2 Å². The van der Waals surface area contributed by atoms with Crippen molar-refractivity contribution < 1.29 is 4.39 Å². The maximum Gasteiger partial charge on any atom is 0.227 e. The van der Waals surface area contributed by atoms with E-state index in [1.807, 2.05) is 0 Å². The van der Waals surface area contributed by atoms with Crippen molar-refractivity contribution in [3.05, 3.63) is 12.0 Å². The Hall–Kier alpha value is -1.39. The Balaban J connectivity index is 1.81. The van der Waals surface area contributed by atoms with E-state index >= 15 is 0 Å². The van der Waals surface area contributed by atoms with E-state index < -0.39 is 5.82 Å². The van der Waals surface area contributed by atoms with Crippen LogP contribution in [0.2, 0.25) is 0 Å². The molecule has 3 rings (SSSR count). The van der Waals surface area contributed by atoms with E-state index in [9.17, 15) is 4.39 Å². The zero-order chi connectivity index (χ0) is 11.1. The molecule has 0 spiro atoms. The number of fused-ring (bicyclic) bond motifs is 1. The topological polar surface area (TPSA) is 55.0 Å². The summed E-state index contributed by atoms with van der Waals surface area (Å²) >= 11 is 0. The summed E-state index contributed by atoms with van der Waals surface area (Å²) in [5, 5.41) is 0. The molecule has 2 heterocycles. The summed E-state index contributed by atoms with van der Waals surface area (Å²) in [6.45, 7) is 1.99. The van der Waals surface area contributed by atoms with E-state index in [0.717, 1.165) is 31.1 Å². The van der Waals surface area contributed by atoms with Gasteiger partial charge in [-0.1, -0.05) is 6.42 Å². The first-order chi connectivity index (χ1) is 7.74. The third-order valence-corrected chi connectivity index (χ3v) is 3.77. The Bertz CT molecular complexity index is 397. The van der Waals surface area contributed by atoms with Gasteiger partial charge in [0.25, 0.3) is 0 Å². The van der Waals surface area contributed by atoms with Crippen molar-refractivity contribution in [1.82, 2.24) is 9.97 Å². The second-order valence-electron chi connectivity index (χ2n) is 4.76. The lowest BCUT2D eigenvalue weighted by molar-refractivity contribution is 0.494. The molecular formula is C11H15FN4. The number of halogens is 1. The summed E-state index contributed by atoms with van der Waals surface area (Å²) in [7, 11) is 0. The van der Waals surface area contributed by atoms with Gasteiger partial charge >= 0.3 is 0 Å². The molecule has 0 bridgehead atoms. The van der Waals surface area contributed by atoms with E-state index in [1.165, 1.54) is 19.3 Å². The Morgan fingerprint density at radius 1 is 1.31 bits per heavy atom. The van der Waals surface area contributed by atoms with Crippen molar-refractivity contribution in [2.45, 2.75) is 19.3 Å². The van der Waals surface area contributed by atoms with Crippen LogP contribution < -0.4 is 10.6 Å².